The van der Waals surface area contributed by atoms with E-state index >= 15 is 0 Å². The molecule has 0 bridgehead atoms. The van der Waals surface area contributed by atoms with Crippen LogP contribution in [-0.4, -0.2) is 51.1 Å². The van der Waals surface area contributed by atoms with Gasteiger partial charge in [-0.15, -0.1) is 0 Å². The molecule has 8 heteroatoms. The van der Waals surface area contributed by atoms with Gasteiger partial charge in [0, 0.05) is 20.0 Å². The van der Waals surface area contributed by atoms with Crippen LogP contribution in [0.5, 0.6) is 0 Å². The minimum absolute atomic E-state index is 0.0323. The Morgan fingerprint density at radius 3 is 2.76 bits per heavy atom. The van der Waals surface area contributed by atoms with Crippen molar-refractivity contribution < 1.29 is 9.66 Å². The summed E-state index contributed by atoms with van der Waals surface area (Å²) in [6.07, 6.45) is 3.08. The van der Waals surface area contributed by atoms with Crippen molar-refractivity contribution in [1.29, 1.82) is 5.26 Å². The van der Waals surface area contributed by atoms with Crippen LogP contribution in [0.15, 0.2) is 35.2 Å². The topological polar surface area (TPSA) is 108 Å². The molecule has 0 radical (unpaired) electrons. The highest BCUT2D eigenvalue weighted by Gasteiger charge is 2.45. The first-order valence-electron chi connectivity index (χ1n) is 9.89. The summed E-state index contributed by atoms with van der Waals surface area (Å²) in [6.45, 7) is 0.657. The van der Waals surface area contributed by atoms with Gasteiger partial charge in [-0.3, -0.25) is 0 Å². The number of aliphatic hydroxyl groups is 1. The second-order valence-electron chi connectivity index (χ2n) is 7.81. The van der Waals surface area contributed by atoms with E-state index in [0.717, 1.165) is 24.1 Å². The van der Waals surface area contributed by atoms with Crippen molar-refractivity contribution in [2.24, 2.45) is 0 Å². The van der Waals surface area contributed by atoms with Crippen molar-refractivity contribution in [2.45, 2.75) is 42.0 Å². The molecule has 7 nitrogen and oxygen atoms in total. The van der Waals surface area contributed by atoms with Gasteiger partial charge >= 0.3 is 0 Å². The van der Waals surface area contributed by atoms with Crippen molar-refractivity contribution >= 4 is 22.9 Å². The van der Waals surface area contributed by atoms with Crippen LogP contribution in [0.25, 0.3) is 0 Å². The highest BCUT2D eigenvalue weighted by Crippen LogP contribution is 2.41. The van der Waals surface area contributed by atoms with Gasteiger partial charge in [0.15, 0.2) is 5.82 Å². The summed E-state index contributed by atoms with van der Waals surface area (Å²) in [5, 5.41) is 22.6. The van der Waals surface area contributed by atoms with E-state index in [1.54, 1.807) is 0 Å². The third kappa shape index (κ3) is 4.17. The van der Waals surface area contributed by atoms with Gasteiger partial charge in [-0.1, -0.05) is 30.3 Å². The second-order valence-corrected chi connectivity index (χ2v) is 9.32. The lowest BCUT2D eigenvalue weighted by molar-refractivity contribution is 0.265. The fourth-order valence-corrected chi connectivity index (χ4v) is 4.88. The van der Waals surface area contributed by atoms with E-state index in [-0.39, 0.29) is 18.1 Å². The number of nitrogens with zero attached hydrogens (tertiary/aromatic N) is 4. The molecule has 2 heterocycles. The van der Waals surface area contributed by atoms with Gasteiger partial charge in [0.25, 0.3) is 0 Å². The molecule has 0 spiro atoms. The Labute approximate surface area is 174 Å². The second kappa shape index (κ2) is 8.19. The van der Waals surface area contributed by atoms with Crippen LogP contribution in [0.4, 0.5) is 11.8 Å². The number of aryl methyl sites for hydroxylation is 1. The van der Waals surface area contributed by atoms with E-state index in [0.29, 0.717) is 41.8 Å². The molecule has 29 heavy (non-hydrogen) atoms. The standard InChI is InChI=1S/C21H25N5O2S/c1-26(11-7-16(13-22)15-5-3-2-4-6-15)20-23-17-8-12-29(28)18(17)19(24-20)25-21(14-27)9-10-21/h2-6,16,27H,7-12,14H2,1H3,(H,23,24,25). The van der Waals surface area contributed by atoms with Gasteiger partial charge in [-0.2, -0.15) is 10.2 Å². The average Bonchev–Trinajstić information content (AvgIpc) is 3.42. The molecule has 1 saturated carbocycles. The molecule has 4 rings (SSSR count). The van der Waals surface area contributed by atoms with Crippen molar-refractivity contribution in [3.05, 3.63) is 41.6 Å². The Bertz CT molecular complexity index is 913. The molecule has 2 aliphatic rings. The first kappa shape index (κ1) is 20.0. The summed E-state index contributed by atoms with van der Waals surface area (Å²) < 4.78 is 12.5. The normalized spacial score (nSPS) is 19.9. The quantitative estimate of drug-likeness (QED) is 0.641. The van der Waals surface area contributed by atoms with Crippen LogP contribution in [0.2, 0.25) is 0 Å². The van der Waals surface area contributed by atoms with E-state index in [4.69, 9.17) is 0 Å². The van der Waals surface area contributed by atoms with Crippen molar-refractivity contribution in [1.82, 2.24) is 9.97 Å². The number of hydrogen-bond acceptors (Lipinski definition) is 7. The fourth-order valence-electron chi connectivity index (χ4n) is 3.58. The lowest BCUT2D eigenvalue weighted by Crippen LogP contribution is -2.29. The molecule has 2 unspecified atom stereocenters. The fraction of sp³-hybridized carbons (Fsp3) is 0.476. The summed E-state index contributed by atoms with van der Waals surface area (Å²) in [7, 11) is 1.91. The predicted molar refractivity (Wildman–Crippen MR) is 112 cm³/mol. The Balaban J connectivity index is 1.53. The third-order valence-electron chi connectivity index (χ3n) is 5.67. The maximum atomic E-state index is 12.5. The van der Waals surface area contributed by atoms with Crippen LogP contribution >= 0.6 is 0 Å². The molecule has 1 aromatic heterocycles. The van der Waals surface area contributed by atoms with Crippen LogP contribution in [0, 0.1) is 11.3 Å². The van der Waals surface area contributed by atoms with Gasteiger partial charge < -0.3 is 19.9 Å². The Morgan fingerprint density at radius 2 is 2.10 bits per heavy atom. The highest BCUT2D eigenvalue weighted by molar-refractivity contribution is 7.91. The maximum Gasteiger partial charge on any atom is 0.227 e. The summed E-state index contributed by atoms with van der Waals surface area (Å²) in [6, 6.07) is 12.2. The molecule has 152 valence electrons. The van der Waals surface area contributed by atoms with Gasteiger partial charge in [-0.05, 0) is 36.0 Å². The van der Waals surface area contributed by atoms with E-state index in [1.807, 2.05) is 42.3 Å². The minimum atomic E-state index is -1.11. The van der Waals surface area contributed by atoms with Gasteiger partial charge in [0.1, 0.15) is 11.4 Å². The van der Waals surface area contributed by atoms with Crippen LogP contribution in [0.3, 0.4) is 0 Å². The first-order valence-corrected chi connectivity index (χ1v) is 11.2. The smallest absolute Gasteiger partial charge is 0.227 e. The predicted octanol–water partition coefficient (Wildman–Crippen LogP) is 2.21. The number of aliphatic hydroxyl groups excluding tert-OH is 1. The zero-order valence-corrected chi connectivity index (χ0v) is 17.3. The van der Waals surface area contributed by atoms with Crippen molar-refractivity contribution in [3.8, 4) is 6.07 Å². The number of rotatable bonds is 8. The molecule has 0 amide bonds. The van der Waals surface area contributed by atoms with Gasteiger partial charge in [-0.25, -0.2) is 4.98 Å². The Kier molecular flexibility index (Phi) is 5.63. The Morgan fingerprint density at radius 1 is 1.34 bits per heavy atom. The summed E-state index contributed by atoms with van der Waals surface area (Å²) in [5.41, 5.74) is 1.48. The molecular weight excluding hydrogens is 386 g/mol. The zero-order chi connectivity index (χ0) is 20.4. The molecule has 1 aromatic carbocycles. The Hall–Kier alpha value is -2.34. The molecule has 2 atom stereocenters. The lowest BCUT2D eigenvalue weighted by atomic mass is 9.97. The summed E-state index contributed by atoms with van der Waals surface area (Å²) >= 11 is -1.11. The molecule has 0 saturated heterocycles. The average molecular weight is 412 g/mol. The van der Waals surface area contributed by atoms with Crippen LogP contribution in [-0.2, 0) is 17.6 Å². The molecule has 1 fully saturated rings. The molecule has 1 aliphatic carbocycles. The van der Waals surface area contributed by atoms with Gasteiger partial charge in [0.2, 0.25) is 10.8 Å². The molecule has 2 aromatic rings. The monoisotopic (exact) mass is 411 g/mol. The number of aromatic nitrogens is 2. The number of nitrogens with one attached hydrogen (secondary N) is 1. The number of anilines is 2. The highest BCUT2D eigenvalue weighted by atomic mass is 32.2. The van der Waals surface area contributed by atoms with E-state index in [1.165, 1.54) is 0 Å². The molecule has 2 N–H and O–H groups in total. The number of fused-ring (bicyclic) bond motifs is 1. The lowest BCUT2D eigenvalue weighted by Gasteiger charge is -2.22. The number of benzene rings is 1. The van der Waals surface area contributed by atoms with E-state index in [9.17, 15) is 14.9 Å². The SMILES string of the molecule is CN(CCC(C#N)c1ccccc1)c1nc2c(c(NC3(CO)CC3)n1)[S+]([O-])CC2. The number of nitriles is 1. The zero-order valence-electron chi connectivity index (χ0n) is 16.5. The van der Waals surface area contributed by atoms with E-state index < -0.39 is 11.2 Å². The third-order valence-corrected chi connectivity index (χ3v) is 7.13. The van der Waals surface area contributed by atoms with Gasteiger partial charge in [0.05, 0.1) is 24.1 Å². The first-order chi connectivity index (χ1) is 14.0. The number of hydrogen-bond donors (Lipinski definition) is 2. The summed E-state index contributed by atoms with van der Waals surface area (Å²) in [4.78, 5) is 11.9. The van der Waals surface area contributed by atoms with Crippen LogP contribution < -0.4 is 10.2 Å². The van der Waals surface area contributed by atoms with Crippen LogP contribution in [0.1, 0.15) is 36.4 Å². The minimum Gasteiger partial charge on any atom is -0.611 e. The van der Waals surface area contributed by atoms with Crippen molar-refractivity contribution in [2.75, 3.05) is 36.2 Å². The van der Waals surface area contributed by atoms with E-state index in [2.05, 4.69) is 21.4 Å². The molecule has 1 aliphatic heterocycles. The molecular formula is C21H25N5O2S. The largest absolute Gasteiger partial charge is 0.611 e. The maximum absolute atomic E-state index is 12.5. The van der Waals surface area contributed by atoms with Crippen molar-refractivity contribution in [3.63, 3.8) is 0 Å². The summed E-state index contributed by atoms with van der Waals surface area (Å²) in [5.74, 6) is 1.51.